The molecule has 1 aliphatic heterocycles. The topological polar surface area (TPSA) is 57.6 Å². The molecule has 0 aromatic heterocycles. The van der Waals surface area contributed by atoms with Gasteiger partial charge < -0.3 is 10.0 Å². The number of para-hydroxylation sites is 1. The molecule has 2 aromatic carbocycles. The van der Waals surface area contributed by atoms with E-state index in [9.17, 15) is 19.1 Å². The van der Waals surface area contributed by atoms with Crippen LogP contribution in [0, 0.1) is 11.7 Å². The standard InChI is InChI=1S/C19H18FNO3/c1-12(9-13-5-4-6-14(20)10-13)18(22)21-11-16(19(23)24)15-7-2-3-8-17(15)21/h2-8,10,12,16H,9,11H2,1H3,(H,23,24). The first-order chi connectivity index (χ1) is 11.5. The number of carboxylic acids is 1. The Morgan fingerprint density at radius 1 is 1.25 bits per heavy atom. The zero-order valence-electron chi connectivity index (χ0n) is 13.3. The minimum Gasteiger partial charge on any atom is -0.481 e. The van der Waals surface area contributed by atoms with Gasteiger partial charge in [-0.25, -0.2) is 4.39 Å². The molecule has 3 rings (SSSR count). The van der Waals surface area contributed by atoms with Crippen molar-refractivity contribution in [2.45, 2.75) is 19.3 Å². The Labute approximate surface area is 139 Å². The third kappa shape index (κ3) is 3.02. The molecule has 124 valence electrons. The Morgan fingerprint density at radius 3 is 2.71 bits per heavy atom. The fraction of sp³-hybridized carbons (Fsp3) is 0.263. The average Bonchev–Trinajstić information content (AvgIpc) is 2.94. The maximum absolute atomic E-state index is 13.3. The first-order valence-corrected chi connectivity index (χ1v) is 7.85. The second-order valence-corrected chi connectivity index (χ2v) is 6.13. The van der Waals surface area contributed by atoms with E-state index in [-0.39, 0.29) is 24.2 Å². The predicted molar refractivity (Wildman–Crippen MR) is 88.4 cm³/mol. The van der Waals surface area contributed by atoms with Gasteiger partial charge in [0.05, 0.1) is 0 Å². The van der Waals surface area contributed by atoms with E-state index in [4.69, 9.17) is 0 Å². The van der Waals surface area contributed by atoms with Crippen LogP contribution in [0.3, 0.4) is 0 Å². The van der Waals surface area contributed by atoms with Gasteiger partial charge in [-0.2, -0.15) is 0 Å². The number of carbonyl (C=O) groups excluding carboxylic acids is 1. The summed E-state index contributed by atoms with van der Waals surface area (Å²) >= 11 is 0. The molecule has 24 heavy (non-hydrogen) atoms. The average molecular weight is 327 g/mol. The van der Waals surface area contributed by atoms with Gasteiger partial charge in [0.1, 0.15) is 11.7 Å². The van der Waals surface area contributed by atoms with E-state index in [2.05, 4.69) is 0 Å². The van der Waals surface area contributed by atoms with Crippen molar-refractivity contribution in [1.82, 2.24) is 0 Å². The number of carbonyl (C=O) groups is 2. The zero-order valence-corrected chi connectivity index (χ0v) is 13.3. The number of hydrogen-bond donors (Lipinski definition) is 1. The van der Waals surface area contributed by atoms with Crippen molar-refractivity contribution in [3.05, 3.63) is 65.5 Å². The first-order valence-electron chi connectivity index (χ1n) is 7.85. The second-order valence-electron chi connectivity index (χ2n) is 6.13. The van der Waals surface area contributed by atoms with Gasteiger partial charge in [-0.1, -0.05) is 37.3 Å². The Bertz CT molecular complexity index is 790. The molecule has 1 heterocycles. The van der Waals surface area contributed by atoms with E-state index in [0.717, 1.165) is 5.56 Å². The van der Waals surface area contributed by atoms with Crippen molar-refractivity contribution in [3.8, 4) is 0 Å². The number of nitrogens with zero attached hydrogens (tertiary/aromatic N) is 1. The summed E-state index contributed by atoms with van der Waals surface area (Å²) in [5.41, 5.74) is 2.07. The molecule has 0 saturated heterocycles. The monoisotopic (exact) mass is 327 g/mol. The minimum atomic E-state index is -0.935. The van der Waals surface area contributed by atoms with Gasteiger partial charge in [-0.15, -0.1) is 0 Å². The second kappa shape index (κ2) is 6.43. The smallest absolute Gasteiger partial charge is 0.312 e. The summed E-state index contributed by atoms with van der Waals surface area (Å²) < 4.78 is 13.3. The maximum Gasteiger partial charge on any atom is 0.312 e. The largest absolute Gasteiger partial charge is 0.481 e. The van der Waals surface area contributed by atoms with E-state index in [1.807, 2.05) is 0 Å². The van der Waals surface area contributed by atoms with Crippen LogP contribution in [0.1, 0.15) is 24.0 Å². The van der Waals surface area contributed by atoms with Gasteiger partial charge in [0.15, 0.2) is 0 Å². The summed E-state index contributed by atoms with van der Waals surface area (Å²) in [6.07, 6.45) is 0.410. The summed E-state index contributed by atoms with van der Waals surface area (Å²) in [4.78, 5) is 25.8. The molecule has 0 radical (unpaired) electrons. The quantitative estimate of drug-likeness (QED) is 0.938. The Morgan fingerprint density at radius 2 is 2.00 bits per heavy atom. The molecule has 1 amide bonds. The summed E-state index contributed by atoms with van der Waals surface area (Å²) in [6, 6.07) is 13.3. The lowest BCUT2D eigenvalue weighted by molar-refractivity contribution is -0.138. The number of rotatable bonds is 4. The highest BCUT2D eigenvalue weighted by molar-refractivity contribution is 6.00. The number of aliphatic carboxylic acids is 1. The third-order valence-corrected chi connectivity index (χ3v) is 4.38. The summed E-state index contributed by atoms with van der Waals surface area (Å²) in [5.74, 6) is -2.48. The van der Waals surface area contributed by atoms with E-state index in [1.165, 1.54) is 17.0 Å². The highest BCUT2D eigenvalue weighted by atomic mass is 19.1. The molecule has 2 aromatic rings. The van der Waals surface area contributed by atoms with Gasteiger partial charge in [0.2, 0.25) is 5.91 Å². The number of carboxylic acid groups (broad SMARTS) is 1. The Kier molecular flexibility index (Phi) is 4.34. The van der Waals surface area contributed by atoms with Crippen LogP contribution >= 0.6 is 0 Å². The van der Waals surface area contributed by atoms with Crippen molar-refractivity contribution in [2.75, 3.05) is 11.4 Å². The lowest BCUT2D eigenvalue weighted by Gasteiger charge is -2.22. The summed E-state index contributed by atoms with van der Waals surface area (Å²) in [6.45, 7) is 1.92. The number of amides is 1. The van der Waals surface area contributed by atoms with E-state index >= 15 is 0 Å². The lowest BCUT2D eigenvalue weighted by Crippen LogP contribution is -2.36. The summed E-state index contributed by atoms with van der Waals surface area (Å²) in [5, 5.41) is 9.38. The van der Waals surface area contributed by atoms with Gasteiger partial charge in [0.25, 0.3) is 0 Å². The van der Waals surface area contributed by atoms with Crippen LogP contribution in [-0.2, 0) is 16.0 Å². The molecule has 4 nitrogen and oxygen atoms in total. The predicted octanol–water partition coefficient (Wildman–Crippen LogP) is 3.22. The third-order valence-electron chi connectivity index (χ3n) is 4.38. The molecule has 0 fully saturated rings. The van der Waals surface area contributed by atoms with E-state index in [0.29, 0.717) is 17.7 Å². The summed E-state index contributed by atoms with van der Waals surface area (Å²) in [7, 11) is 0. The first kappa shape index (κ1) is 16.2. The normalized spacial score (nSPS) is 17.4. The fourth-order valence-corrected chi connectivity index (χ4v) is 3.20. The van der Waals surface area contributed by atoms with Crippen LogP contribution in [0.15, 0.2) is 48.5 Å². The van der Waals surface area contributed by atoms with Crippen molar-refractivity contribution in [3.63, 3.8) is 0 Å². The molecule has 2 atom stereocenters. The SMILES string of the molecule is CC(Cc1cccc(F)c1)C(=O)N1CC(C(=O)O)c2ccccc21. The zero-order chi connectivity index (χ0) is 17.3. The number of benzene rings is 2. The minimum absolute atomic E-state index is 0.140. The van der Waals surface area contributed by atoms with E-state index < -0.39 is 11.9 Å². The van der Waals surface area contributed by atoms with Crippen LogP contribution in [0.5, 0.6) is 0 Å². The van der Waals surface area contributed by atoms with Crippen molar-refractivity contribution in [2.24, 2.45) is 5.92 Å². The number of halogens is 1. The van der Waals surface area contributed by atoms with Crippen molar-refractivity contribution >= 4 is 17.6 Å². The molecule has 0 spiro atoms. The van der Waals surface area contributed by atoms with Crippen molar-refractivity contribution < 1.29 is 19.1 Å². The molecule has 1 aliphatic rings. The Balaban J connectivity index is 1.81. The molecule has 1 N–H and O–H groups in total. The van der Waals surface area contributed by atoms with Gasteiger partial charge in [-0.3, -0.25) is 9.59 Å². The Hall–Kier alpha value is -2.69. The van der Waals surface area contributed by atoms with Gasteiger partial charge in [0, 0.05) is 18.2 Å². The number of fused-ring (bicyclic) bond motifs is 1. The molecular weight excluding hydrogens is 309 g/mol. The molecule has 0 aliphatic carbocycles. The van der Waals surface area contributed by atoms with Crippen molar-refractivity contribution in [1.29, 1.82) is 0 Å². The molecular formula is C19H18FNO3. The molecule has 0 saturated carbocycles. The number of hydrogen-bond acceptors (Lipinski definition) is 2. The fourth-order valence-electron chi connectivity index (χ4n) is 3.20. The van der Waals surface area contributed by atoms with Crippen LogP contribution in [0.4, 0.5) is 10.1 Å². The highest BCUT2D eigenvalue weighted by Gasteiger charge is 2.37. The molecule has 5 heteroatoms. The van der Waals surface area contributed by atoms with Crippen LogP contribution in [-0.4, -0.2) is 23.5 Å². The molecule has 2 unspecified atom stereocenters. The number of anilines is 1. The van der Waals surface area contributed by atoms with Crippen LogP contribution < -0.4 is 4.90 Å². The highest BCUT2D eigenvalue weighted by Crippen LogP contribution is 2.37. The van der Waals surface area contributed by atoms with Crippen LogP contribution in [0.2, 0.25) is 0 Å². The van der Waals surface area contributed by atoms with Gasteiger partial charge >= 0.3 is 5.97 Å². The van der Waals surface area contributed by atoms with E-state index in [1.54, 1.807) is 43.3 Å². The lowest BCUT2D eigenvalue weighted by atomic mass is 9.99. The molecule has 0 bridgehead atoms. The maximum atomic E-state index is 13.3. The van der Waals surface area contributed by atoms with Gasteiger partial charge in [-0.05, 0) is 35.7 Å². The van der Waals surface area contributed by atoms with Crippen LogP contribution in [0.25, 0.3) is 0 Å².